The fourth-order valence-electron chi connectivity index (χ4n) is 3.15. The molecule has 0 saturated heterocycles. The summed E-state index contributed by atoms with van der Waals surface area (Å²) in [7, 11) is -3.75. The van der Waals surface area contributed by atoms with Crippen LogP contribution in [-0.4, -0.2) is 50.5 Å². The van der Waals surface area contributed by atoms with Gasteiger partial charge < -0.3 is 10.2 Å². The molecule has 2 rings (SSSR count). The Morgan fingerprint density at radius 2 is 1.73 bits per heavy atom. The highest BCUT2D eigenvalue weighted by Gasteiger charge is 2.30. The van der Waals surface area contributed by atoms with Gasteiger partial charge in [0.15, 0.2) is 0 Å². The van der Waals surface area contributed by atoms with Crippen LogP contribution in [0.4, 0.5) is 5.69 Å². The van der Waals surface area contributed by atoms with E-state index in [2.05, 4.69) is 37.2 Å². The van der Waals surface area contributed by atoms with Crippen molar-refractivity contribution < 1.29 is 18.0 Å². The first-order valence-corrected chi connectivity index (χ1v) is 14.0. The van der Waals surface area contributed by atoms with Crippen LogP contribution in [0, 0.1) is 0 Å². The average Bonchev–Trinajstić information content (AvgIpc) is 2.75. The number of carbonyl (C=O) groups is 2. The molecule has 0 aliphatic rings. The van der Waals surface area contributed by atoms with Gasteiger partial charge in [-0.2, -0.15) is 0 Å². The maximum atomic E-state index is 13.4. The molecule has 0 aliphatic carbocycles. The average molecular weight is 603 g/mol. The van der Waals surface area contributed by atoms with Gasteiger partial charge in [-0.1, -0.05) is 63.4 Å². The normalized spacial score (nSPS) is 12.2. The van der Waals surface area contributed by atoms with Crippen LogP contribution in [0.25, 0.3) is 0 Å². The molecule has 0 heterocycles. The van der Waals surface area contributed by atoms with Crippen LogP contribution in [0.2, 0.25) is 0 Å². The van der Waals surface area contributed by atoms with Gasteiger partial charge in [0.25, 0.3) is 0 Å². The fraction of sp³-hybridized carbons (Fsp3) is 0.391. The second kappa shape index (κ2) is 12.5. The Hall–Kier alpha value is -1.91. The molecule has 10 heteroatoms. The number of nitrogens with zero attached hydrogens (tertiary/aromatic N) is 2. The summed E-state index contributed by atoms with van der Waals surface area (Å²) in [6.45, 7) is 3.96. The lowest BCUT2D eigenvalue weighted by Crippen LogP contribution is -2.51. The number of nitrogens with one attached hydrogen (secondary N) is 1. The molecule has 33 heavy (non-hydrogen) atoms. The van der Waals surface area contributed by atoms with Gasteiger partial charge in [-0.15, -0.1) is 0 Å². The fourth-order valence-corrected chi connectivity index (χ4v) is 4.64. The summed E-state index contributed by atoms with van der Waals surface area (Å²) in [5, 5.41) is 2.86. The highest BCUT2D eigenvalue weighted by Crippen LogP contribution is 2.23. The Morgan fingerprint density at radius 1 is 1.06 bits per heavy atom. The molecule has 0 bridgehead atoms. The third-order valence-electron chi connectivity index (χ3n) is 5.04. The van der Waals surface area contributed by atoms with Gasteiger partial charge in [0.1, 0.15) is 12.6 Å². The van der Waals surface area contributed by atoms with Crippen LogP contribution in [0.15, 0.2) is 57.5 Å². The molecule has 1 N–H and O–H groups in total. The molecule has 2 aromatic rings. The van der Waals surface area contributed by atoms with Crippen LogP contribution in [0.1, 0.15) is 32.3 Å². The van der Waals surface area contributed by atoms with Crippen molar-refractivity contribution in [1.29, 1.82) is 0 Å². The first-order valence-electron chi connectivity index (χ1n) is 10.6. The van der Waals surface area contributed by atoms with Crippen LogP contribution in [0.3, 0.4) is 0 Å². The Morgan fingerprint density at radius 3 is 2.30 bits per heavy atom. The lowest BCUT2D eigenvalue weighted by atomic mass is 10.1. The molecule has 1 atom stereocenters. The summed E-state index contributed by atoms with van der Waals surface area (Å²) >= 11 is 6.73. The Balaban J connectivity index is 2.33. The number of hydrogen-bond acceptors (Lipinski definition) is 4. The van der Waals surface area contributed by atoms with E-state index in [4.69, 9.17) is 0 Å². The summed E-state index contributed by atoms with van der Waals surface area (Å²) in [5.41, 5.74) is 1.19. The standard InChI is InChI=1S/C23H29Br2N3O4S/c1-4-5-13-26-23(30)17(2)27(15-18-9-11-19(24)12-10-18)22(29)16-28(33(3,31)32)21-8-6-7-20(25)14-21/h6-12,14,17H,4-5,13,15-16H2,1-3H3,(H,26,30)/t17-/m1/s1. The third-order valence-corrected chi connectivity index (χ3v) is 7.20. The number of halogens is 2. The summed E-state index contributed by atoms with van der Waals surface area (Å²) < 4.78 is 27.7. The van der Waals surface area contributed by atoms with Crippen molar-refractivity contribution in [3.63, 3.8) is 0 Å². The summed E-state index contributed by atoms with van der Waals surface area (Å²) in [6.07, 6.45) is 2.83. The van der Waals surface area contributed by atoms with E-state index in [0.717, 1.165) is 33.4 Å². The summed E-state index contributed by atoms with van der Waals surface area (Å²) in [6, 6.07) is 13.4. The quantitative estimate of drug-likeness (QED) is 0.388. The number of rotatable bonds is 11. The van der Waals surface area contributed by atoms with Crippen molar-refractivity contribution in [2.24, 2.45) is 0 Å². The van der Waals surface area contributed by atoms with E-state index in [1.54, 1.807) is 31.2 Å². The molecular formula is C23H29Br2N3O4S. The van der Waals surface area contributed by atoms with E-state index in [1.165, 1.54) is 4.90 Å². The second-order valence-corrected chi connectivity index (χ2v) is 11.5. The third kappa shape index (κ3) is 8.42. The molecule has 2 aromatic carbocycles. The van der Waals surface area contributed by atoms with E-state index in [-0.39, 0.29) is 12.5 Å². The molecule has 2 amide bonds. The molecule has 0 unspecified atom stereocenters. The lowest BCUT2D eigenvalue weighted by Gasteiger charge is -2.31. The molecule has 180 valence electrons. The Labute approximate surface area is 212 Å². The minimum atomic E-state index is -3.75. The van der Waals surface area contributed by atoms with Gasteiger partial charge in [-0.05, 0) is 49.2 Å². The molecular weight excluding hydrogens is 574 g/mol. The molecule has 0 radical (unpaired) electrons. The number of hydrogen-bond donors (Lipinski definition) is 1. The first-order chi connectivity index (χ1) is 15.5. The van der Waals surface area contributed by atoms with Gasteiger partial charge in [-0.25, -0.2) is 8.42 Å². The Kier molecular flexibility index (Phi) is 10.4. The van der Waals surface area contributed by atoms with Crippen molar-refractivity contribution in [3.05, 3.63) is 63.0 Å². The zero-order valence-corrected chi connectivity index (χ0v) is 22.9. The van der Waals surface area contributed by atoms with Crippen LogP contribution in [0.5, 0.6) is 0 Å². The lowest BCUT2D eigenvalue weighted by molar-refractivity contribution is -0.139. The number of sulfonamides is 1. The maximum Gasteiger partial charge on any atom is 0.244 e. The van der Waals surface area contributed by atoms with E-state index >= 15 is 0 Å². The number of benzene rings is 2. The number of carbonyl (C=O) groups excluding carboxylic acids is 2. The topological polar surface area (TPSA) is 86.8 Å². The van der Waals surface area contributed by atoms with Gasteiger partial charge in [0.2, 0.25) is 21.8 Å². The SMILES string of the molecule is CCCCNC(=O)[C@@H](C)N(Cc1ccc(Br)cc1)C(=O)CN(c1cccc(Br)c1)S(C)(=O)=O. The first kappa shape index (κ1) is 27.3. The largest absolute Gasteiger partial charge is 0.354 e. The van der Waals surface area contributed by atoms with E-state index in [0.29, 0.717) is 16.7 Å². The number of amides is 2. The van der Waals surface area contributed by atoms with Crippen molar-refractivity contribution in [3.8, 4) is 0 Å². The van der Waals surface area contributed by atoms with E-state index in [9.17, 15) is 18.0 Å². The van der Waals surface area contributed by atoms with Gasteiger partial charge in [-0.3, -0.25) is 13.9 Å². The molecule has 0 fully saturated rings. The monoisotopic (exact) mass is 601 g/mol. The van der Waals surface area contributed by atoms with Crippen molar-refractivity contribution in [2.75, 3.05) is 23.7 Å². The van der Waals surface area contributed by atoms with Crippen LogP contribution < -0.4 is 9.62 Å². The van der Waals surface area contributed by atoms with Crippen molar-refractivity contribution in [2.45, 2.75) is 39.3 Å². The van der Waals surface area contributed by atoms with Gasteiger partial charge in [0.05, 0.1) is 11.9 Å². The Bertz CT molecular complexity index is 1060. The maximum absolute atomic E-state index is 13.4. The summed E-state index contributed by atoms with van der Waals surface area (Å²) in [5.74, 6) is -0.747. The highest BCUT2D eigenvalue weighted by molar-refractivity contribution is 9.10. The minimum absolute atomic E-state index is 0.171. The van der Waals surface area contributed by atoms with Crippen LogP contribution in [-0.2, 0) is 26.2 Å². The van der Waals surface area contributed by atoms with Gasteiger partial charge in [0, 0.05) is 22.0 Å². The molecule has 0 aromatic heterocycles. The zero-order valence-electron chi connectivity index (χ0n) is 18.9. The van der Waals surface area contributed by atoms with Crippen LogP contribution >= 0.6 is 31.9 Å². The molecule has 0 aliphatic heterocycles. The number of anilines is 1. The molecule has 0 saturated carbocycles. The highest BCUT2D eigenvalue weighted by atomic mass is 79.9. The van der Waals surface area contributed by atoms with E-state index < -0.39 is 28.5 Å². The minimum Gasteiger partial charge on any atom is -0.354 e. The second-order valence-electron chi connectivity index (χ2n) is 7.72. The van der Waals surface area contributed by atoms with Crippen molar-refractivity contribution in [1.82, 2.24) is 10.2 Å². The van der Waals surface area contributed by atoms with Crippen molar-refractivity contribution >= 4 is 59.4 Å². The summed E-state index contributed by atoms with van der Waals surface area (Å²) in [4.78, 5) is 27.6. The predicted octanol–water partition coefficient (Wildman–Crippen LogP) is 4.31. The number of unbranched alkanes of at least 4 members (excludes halogenated alkanes) is 1. The molecule has 0 spiro atoms. The van der Waals surface area contributed by atoms with E-state index in [1.807, 2.05) is 31.2 Å². The smallest absolute Gasteiger partial charge is 0.244 e. The predicted molar refractivity (Wildman–Crippen MR) is 138 cm³/mol. The molecule has 7 nitrogen and oxygen atoms in total. The zero-order chi connectivity index (χ0) is 24.6. The van der Waals surface area contributed by atoms with Gasteiger partial charge >= 0.3 is 0 Å².